The van der Waals surface area contributed by atoms with Crippen molar-refractivity contribution >= 4 is 21.7 Å². The van der Waals surface area contributed by atoms with Crippen LogP contribution in [-0.2, 0) is 19.4 Å². The average Bonchev–Trinajstić information content (AvgIpc) is 2.52. The van der Waals surface area contributed by atoms with E-state index in [1.54, 1.807) is 29.2 Å². The van der Waals surface area contributed by atoms with Gasteiger partial charge in [0.05, 0.1) is 5.75 Å². The van der Waals surface area contributed by atoms with Crippen molar-refractivity contribution in [1.29, 1.82) is 0 Å². The number of carbonyl (C=O) groups is 2. The maximum absolute atomic E-state index is 12.6. The summed E-state index contributed by atoms with van der Waals surface area (Å²) in [5, 5.41) is 2.66. The van der Waals surface area contributed by atoms with Crippen LogP contribution in [0.1, 0.15) is 31.9 Å². The first-order valence-electron chi connectivity index (χ1n) is 7.59. The summed E-state index contributed by atoms with van der Waals surface area (Å²) in [5.41, 5.74) is 0.678. The van der Waals surface area contributed by atoms with Gasteiger partial charge in [-0.3, -0.25) is 9.59 Å². The highest BCUT2D eigenvalue weighted by Crippen LogP contribution is 2.16. The fourth-order valence-corrected chi connectivity index (χ4v) is 2.72. The highest BCUT2D eigenvalue weighted by Gasteiger charge is 2.26. The summed E-state index contributed by atoms with van der Waals surface area (Å²) in [6, 6.07) is 8.14. The molecule has 2 amide bonds. The summed E-state index contributed by atoms with van der Waals surface area (Å²) < 4.78 is 22.3. The van der Waals surface area contributed by atoms with Crippen molar-refractivity contribution < 1.29 is 18.0 Å². The van der Waals surface area contributed by atoms with Crippen LogP contribution >= 0.6 is 0 Å². The second kappa shape index (κ2) is 8.67. The fraction of sp³-hybridized carbons (Fsp3) is 0.500. The summed E-state index contributed by atoms with van der Waals surface area (Å²) in [5.74, 6) is -0.890. The van der Waals surface area contributed by atoms with E-state index < -0.39 is 21.8 Å². The van der Waals surface area contributed by atoms with Gasteiger partial charge in [-0.2, -0.15) is 0 Å². The molecule has 1 atom stereocenters. The van der Waals surface area contributed by atoms with Crippen LogP contribution in [0.2, 0.25) is 0 Å². The Balaban J connectivity index is 2.92. The van der Waals surface area contributed by atoms with E-state index in [-0.39, 0.29) is 18.1 Å². The Hall–Kier alpha value is -1.89. The Kier molecular flexibility index (Phi) is 7.22. The molecule has 0 radical (unpaired) electrons. The zero-order chi connectivity index (χ0) is 17.5. The highest BCUT2D eigenvalue weighted by molar-refractivity contribution is 7.90. The Labute approximate surface area is 137 Å². The largest absolute Gasteiger partial charge is 0.341 e. The number of benzene rings is 1. The fourth-order valence-electron chi connectivity index (χ4n) is 2.16. The Bertz CT molecular complexity index is 625. The molecule has 0 aliphatic heterocycles. The Morgan fingerprint density at radius 2 is 1.70 bits per heavy atom. The molecule has 0 saturated carbocycles. The van der Waals surface area contributed by atoms with Crippen LogP contribution in [0.25, 0.3) is 0 Å². The first-order valence-corrected chi connectivity index (χ1v) is 9.65. The molecule has 0 bridgehead atoms. The van der Waals surface area contributed by atoms with Gasteiger partial charge in [0.25, 0.3) is 0 Å². The van der Waals surface area contributed by atoms with E-state index in [1.807, 2.05) is 19.9 Å². The van der Waals surface area contributed by atoms with Gasteiger partial charge in [0.2, 0.25) is 11.8 Å². The molecule has 0 spiro atoms. The Morgan fingerprint density at radius 3 is 2.17 bits per heavy atom. The standard InChI is InChI=1S/C16H24N2O4S/c1-4-18(5-2)16(20)15(13-9-7-6-8-10-13)17-14(19)11-12-23(3,21)22/h6-10,15H,4-5,11-12H2,1-3H3,(H,17,19). The van der Waals surface area contributed by atoms with Crippen molar-refractivity contribution in [3.05, 3.63) is 35.9 Å². The van der Waals surface area contributed by atoms with Gasteiger partial charge in [-0.25, -0.2) is 8.42 Å². The van der Waals surface area contributed by atoms with Crippen LogP contribution in [0.5, 0.6) is 0 Å². The number of likely N-dealkylation sites (N-methyl/N-ethyl adjacent to an activating group) is 1. The lowest BCUT2D eigenvalue weighted by Gasteiger charge is -2.26. The van der Waals surface area contributed by atoms with Crippen molar-refractivity contribution in [2.24, 2.45) is 0 Å². The van der Waals surface area contributed by atoms with Crippen molar-refractivity contribution in [3.63, 3.8) is 0 Å². The lowest BCUT2D eigenvalue weighted by atomic mass is 10.1. The number of sulfone groups is 1. The predicted octanol–water partition coefficient (Wildman–Crippen LogP) is 1.15. The molecule has 6 nitrogen and oxygen atoms in total. The smallest absolute Gasteiger partial charge is 0.249 e. The first kappa shape index (κ1) is 19.2. The van der Waals surface area contributed by atoms with Gasteiger partial charge in [0, 0.05) is 25.8 Å². The quantitative estimate of drug-likeness (QED) is 0.769. The molecular weight excluding hydrogens is 316 g/mol. The van der Waals surface area contributed by atoms with E-state index in [9.17, 15) is 18.0 Å². The van der Waals surface area contributed by atoms with Crippen LogP contribution in [0.3, 0.4) is 0 Å². The third-order valence-corrected chi connectivity index (χ3v) is 4.41. The summed E-state index contributed by atoms with van der Waals surface area (Å²) >= 11 is 0. The summed E-state index contributed by atoms with van der Waals surface area (Å²) in [6.07, 6.45) is 0.920. The summed E-state index contributed by atoms with van der Waals surface area (Å²) in [4.78, 5) is 26.3. The van der Waals surface area contributed by atoms with Gasteiger partial charge in [-0.05, 0) is 19.4 Å². The molecule has 0 saturated heterocycles. The normalized spacial score (nSPS) is 12.5. The van der Waals surface area contributed by atoms with Crippen LogP contribution in [-0.4, -0.2) is 50.2 Å². The lowest BCUT2D eigenvalue weighted by molar-refractivity contribution is -0.136. The molecule has 1 N–H and O–H groups in total. The van der Waals surface area contributed by atoms with Crippen LogP contribution in [0.4, 0.5) is 0 Å². The second-order valence-electron chi connectivity index (χ2n) is 5.30. The van der Waals surface area contributed by atoms with Crippen LogP contribution < -0.4 is 5.32 Å². The number of hydrogen-bond acceptors (Lipinski definition) is 4. The van der Waals surface area contributed by atoms with E-state index in [2.05, 4.69) is 5.32 Å². The van der Waals surface area contributed by atoms with Gasteiger partial charge in [-0.1, -0.05) is 30.3 Å². The molecule has 0 fully saturated rings. The SMILES string of the molecule is CCN(CC)C(=O)C(NC(=O)CCS(C)(=O)=O)c1ccccc1. The number of nitrogens with one attached hydrogen (secondary N) is 1. The molecule has 1 unspecified atom stereocenters. The van der Waals surface area contributed by atoms with Crippen LogP contribution in [0, 0.1) is 0 Å². The minimum absolute atomic E-state index is 0.159. The van der Waals surface area contributed by atoms with Crippen molar-refractivity contribution in [2.45, 2.75) is 26.3 Å². The first-order chi connectivity index (χ1) is 10.8. The predicted molar refractivity (Wildman–Crippen MR) is 89.6 cm³/mol. The zero-order valence-electron chi connectivity index (χ0n) is 13.8. The minimum atomic E-state index is -3.22. The molecule has 7 heteroatoms. The highest BCUT2D eigenvalue weighted by atomic mass is 32.2. The van der Waals surface area contributed by atoms with Gasteiger partial charge in [-0.15, -0.1) is 0 Å². The molecule has 1 rings (SSSR count). The number of amides is 2. The van der Waals surface area contributed by atoms with Crippen molar-refractivity contribution in [1.82, 2.24) is 10.2 Å². The number of rotatable bonds is 8. The lowest BCUT2D eigenvalue weighted by Crippen LogP contribution is -2.43. The number of carbonyl (C=O) groups excluding carboxylic acids is 2. The molecule has 0 aliphatic rings. The molecule has 1 aromatic rings. The third-order valence-electron chi connectivity index (χ3n) is 3.46. The van der Waals surface area contributed by atoms with E-state index in [1.165, 1.54) is 0 Å². The van der Waals surface area contributed by atoms with E-state index in [0.29, 0.717) is 18.7 Å². The van der Waals surface area contributed by atoms with Crippen LogP contribution in [0.15, 0.2) is 30.3 Å². The summed E-state index contributed by atoms with van der Waals surface area (Å²) in [6.45, 7) is 4.82. The molecule has 1 aromatic carbocycles. The second-order valence-corrected chi connectivity index (χ2v) is 7.56. The van der Waals surface area contributed by atoms with Gasteiger partial charge >= 0.3 is 0 Å². The summed E-state index contributed by atoms with van der Waals surface area (Å²) in [7, 11) is -3.22. The molecule has 0 aromatic heterocycles. The van der Waals surface area contributed by atoms with E-state index in [4.69, 9.17) is 0 Å². The maximum atomic E-state index is 12.6. The number of nitrogens with zero attached hydrogens (tertiary/aromatic N) is 1. The average molecular weight is 340 g/mol. The minimum Gasteiger partial charge on any atom is -0.341 e. The van der Waals surface area contributed by atoms with Crippen molar-refractivity contribution in [3.8, 4) is 0 Å². The topological polar surface area (TPSA) is 83.6 Å². The zero-order valence-corrected chi connectivity index (χ0v) is 14.6. The maximum Gasteiger partial charge on any atom is 0.249 e. The van der Waals surface area contributed by atoms with Gasteiger partial charge in [0.1, 0.15) is 15.9 Å². The van der Waals surface area contributed by atoms with E-state index >= 15 is 0 Å². The van der Waals surface area contributed by atoms with E-state index in [0.717, 1.165) is 6.26 Å². The molecule has 23 heavy (non-hydrogen) atoms. The Morgan fingerprint density at radius 1 is 1.13 bits per heavy atom. The molecular formula is C16H24N2O4S. The molecule has 0 aliphatic carbocycles. The van der Waals surface area contributed by atoms with Crippen molar-refractivity contribution in [2.75, 3.05) is 25.1 Å². The molecule has 0 heterocycles. The monoisotopic (exact) mass is 340 g/mol. The number of hydrogen-bond donors (Lipinski definition) is 1. The van der Waals surface area contributed by atoms with Gasteiger partial charge in [0.15, 0.2) is 0 Å². The van der Waals surface area contributed by atoms with Gasteiger partial charge < -0.3 is 10.2 Å². The third kappa shape index (κ3) is 6.40. The molecule has 128 valence electrons.